The van der Waals surface area contributed by atoms with E-state index in [0.29, 0.717) is 12.8 Å². The van der Waals surface area contributed by atoms with Crippen LogP contribution in [0, 0.1) is 0 Å². The van der Waals surface area contributed by atoms with Gasteiger partial charge < -0.3 is 15.5 Å². The van der Waals surface area contributed by atoms with Crippen LogP contribution < -0.4 is 5.32 Å². The van der Waals surface area contributed by atoms with Crippen molar-refractivity contribution in [2.24, 2.45) is 0 Å². The van der Waals surface area contributed by atoms with E-state index in [2.05, 4.69) is 5.32 Å². The number of carbonyl (C=O) groups is 2. The molecule has 1 amide bonds. The van der Waals surface area contributed by atoms with Crippen molar-refractivity contribution in [3.8, 4) is 0 Å². The van der Waals surface area contributed by atoms with Crippen molar-refractivity contribution in [3.05, 3.63) is 0 Å². The number of carboxylic acids is 1. The first-order valence-corrected chi connectivity index (χ1v) is 6.46. The maximum atomic E-state index is 11.4. The molecule has 1 unspecified atom stereocenters. The van der Waals surface area contributed by atoms with Crippen LogP contribution in [0.3, 0.4) is 0 Å². The molecule has 0 radical (unpaired) electrons. The predicted octanol–water partition coefficient (Wildman–Crippen LogP) is -0.433. The number of nitrogens with one attached hydrogen (secondary N) is 1. The highest BCUT2D eigenvalue weighted by Crippen LogP contribution is 2.29. The molecule has 0 aromatic carbocycles. The third-order valence-electron chi connectivity index (χ3n) is 3.85. The van der Waals surface area contributed by atoms with Gasteiger partial charge in [-0.05, 0) is 12.8 Å². The second-order valence-corrected chi connectivity index (χ2v) is 5.35. The minimum absolute atomic E-state index is 0.0548. The molecular weight excluding hydrogens is 236 g/mol. The molecule has 0 spiro atoms. The van der Waals surface area contributed by atoms with Gasteiger partial charge in [0.1, 0.15) is 6.04 Å². The number of β-amino-alcohol motifs (C(OH)–C–C–N with tert-alkyl or cyclic N) is 1. The molecule has 1 saturated carbocycles. The minimum atomic E-state index is -0.950. The van der Waals surface area contributed by atoms with Crippen molar-refractivity contribution in [2.75, 3.05) is 19.6 Å². The summed E-state index contributed by atoms with van der Waals surface area (Å²) in [6.07, 6.45) is 4.43. The van der Waals surface area contributed by atoms with Crippen molar-refractivity contribution in [2.45, 2.75) is 43.7 Å². The standard InChI is InChI=1S/C12H20N2O4/c15-10-7-14(9(6-13-10)11(16)17)8-12(18)4-2-1-3-5-12/h9,18H,1-8H2,(H,13,15)(H,16,17). The number of amides is 1. The zero-order valence-electron chi connectivity index (χ0n) is 10.4. The molecule has 1 aliphatic heterocycles. The number of aliphatic carboxylic acids is 1. The topological polar surface area (TPSA) is 89.9 Å². The lowest BCUT2D eigenvalue weighted by Crippen LogP contribution is -2.61. The van der Waals surface area contributed by atoms with Gasteiger partial charge in [-0.15, -0.1) is 0 Å². The van der Waals surface area contributed by atoms with Crippen LogP contribution in [0.4, 0.5) is 0 Å². The van der Waals surface area contributed by atoms with Gasteiger partial charge in [0.2, 0.25) is 5.91 Å². The summed E-state index contributed by atoms with van der Waals surface area (Å²) in [5.41, 5.74) is -0.830. The van der Waals surface area contributed by atoms with E-state index >= 15 is 0 Å². The number of nitrogens with zero attached hydrogens (tertiary/aromatic N) is 1. The second kappa shape index (κ2) is 5.24. The fraction of sp³-hybridized carbons (Fsp3) is 0.833. The zero-order chi connectivity index (χ0) is 13.2. The van der Waals surface area contributed by atoms with Crippen LogP contribution in [-0.2, 0) is 9.59 Å². The van der Waals surface area contributed by atoms with E-state index in [1.165, 1.54) is 0 Å². The Morgan fingerprint density at radius 1 is 1.39 bits per heavy atom. The molecule has 1 saturated heterocycles. The van der Waals surface area contributed by atoms with E-state index in [1.54, 1.807) is 4.90 Å². The molecule has 2 aliphatic rings. The molecule has 2 fully saturated rings. The number of carbonyl (C=O) groups excluding carboxylic acids is 1. The lowest BCUT2D eigenvalue weighted by Gasteiger charge is -2.40. The van der Waals surface area contributed by atoms with Gasteiger partial charge in [0.05, 0.1) is 12.1 Å². The molecule has 6 heteroatoms. The largest absolute Gasteiger partial charge is 0.480 e. The Morgan fingerprint density at radius 3 is 2.67 bits per heavy atom. The molecule has 0 aromatic rings. The summed E-state index contributed by atoms with van der Waals surface area (Å²) in [6, 6.07) is -0.728. The van der Waals surface area contributed by atoms with E-state index in [-0.39, 0.29) is 25.5 Å². The zero-order valence-corrected chi connectivity index (χ0v) is 10.4. The summed E-state index contributed by atoms with van der Waals surface area (Å²) < 4.78 is 0. The van der Waals surface area contributed by atoms with Crippen LogP contribution in [0.15, 0.2) is 0 Å². The first kappa shape index (κ1) is 13.3. The van der Waals surface area contributed by atoms with Crippen LogP contribution in [0.1, 0.15) is 32.1 Å². The third kappa shape index (κ3) is 3.00. The number of hydrogen-bond donors (Lipinski definition) is 3. The minimum Gasteiger partial charge on any atom is -0.480 e. The molecule has 3 N–H and O–H groups in total. The molecule has 0 bridgehead atoms. The molecule has 6 nitrogen and oxygen atoms in total. The van der Waals surface area contributed by atoms with Gasteiger partial charge >= 0.3 is 5.97 Å². The van der Waals surface area contributed by atoms with E-state index in [1.807, 2.05) is 0 Å². The lowest BCUT2D eigenvalue weighted by molar-refractivity contribution is -0.148. The number of piperazine rings is 1. The number of carboxylic acid groups (broad SMARTS) is 1. The Kier molecular flexibility index (Phi) is 3.87. The van der Waals surface area contributed by atoms with Crippen LogP contribution in [0.2, 0.25) is 0 Å². The van der Waals surface area contributed by atoms with Crippen LogP contribution in [0.5, 0.6) is 0 Å². The smallest absolute Gasteiger partial charge is 0.322 e. The Labute approximate surface area is 106 Å². The Balaban J connectivity index is 2.03. The normalized spacial score (nSPS) is 28.7. The highest BCUT2D eigenvalue weighted by atomic mass is 16.4. The number of hydrogen-bond acceptors (Lipinski definition) is 4. The highest BCUT2D eigenvalue weighted by Gasteiger charge is 2.38. The Bertz CT molecular complexity index is 339. The fourth-order valence-electron chi connectivity index (χ4n) is 2.85. The summed E-state index contributed by atoms with van der Waals surface area (Å²) in [6.45, 7) is 0.445. The predicted molar refractivity (Wildman–Crippen MR) is 64.0 cm³/mol. The fourth-order valence-corrected chi connectivity index (χ4v) is 2.85. The molecule has 1 heterocycles. The van der Waals surface area contributed by atoms with Gasteiger partial charge in [-0.1, -0.05) is 19.3 Å². The summed E-state index contributed by atoms with van der Waals surface area (Å²) in [5.74, 6) is -1.12. The third-order valence-corrected chi connectivity index (χ3v) is 3.85. The van der Waals surface area contributed by atoms with Crippen molar-refractivity contribution in [1.29, 1.82) is 0 Å². The maximum Gasteiger partial charge on any atom is 0.322 e. The first-order chi connectivity index (χ1) is 8.50. The maximum absolute atomic E-state index is 11.4. The van der Waals surface area contributed by atoms with Crippen molar-refractivity contribution >= 4 is 11.9 Å². The quantitative estimate of drug-likeness (QED) is 0.637. The van der Waals surface area contributed by atoms with E-state index < -0.39 is 17.6 Å². The van der Waals surface area contributed by atoms with Crippen molar-refractivity contribution < 1.29 is 19.8 Å². The van der Waals surface area contributed by atoms with Gasteiger partial charge in [-0.3, -0.25) is 14.5 Å². The SMILES string of the molecule is O=C1CN(CC2(O)CCCCC2)C(C(=O)O)CN1. The molecule has 1 atom stereocenters. The van der Waals surface area contributed by atoms with Gasteiger partial charge in [-0.2, -0.15) is 0 Å². The van der Waals surface area contributed by atoms with Crippen molar-refractivity contribution in [3.63, 3.8) is 0 Å². The second-order valence-electron chi connectivity index (χ2n) is 5.35. The molecule has 1 aliphatic carbocycles. The summed E-state index contributed by atoms with van der Waals surface area (Å²) in [7, 11) is 0. The summed E-state index contributed by atoms with van der Waals surface area (Å²) in [4.78, 5) is 24.1. The highest BCUT2D eigenvalue weighted by molar-refractivity contribution is 5.83. The average molecular weight is 256 g/mol. The lowest BCUT2D eigenvalue weighted by atomic mass is 9.84. The van der Waals surface area contributed by atoms with E-state index in [4.69, 9.17) is 5.11 Å². The average Bonchev–Trinajstić information content (AvgIpc) is 2.28. The van der Waals surface area contributed by atoms with E-state index in [9.17, 15) is 14.7 Å². The van der Waals surface area contributed by atoms with Crippen LogP contribution >= 0.6 is 0 Å². The molecule has 102 valence electrons. The summed E-state index contributed by atoms with van der Waals surface area (Å²) in [5, 5.41) is 22.1. The van der Waals surface area contributed by atoms with Crippen LogP contribution in [-0.4, -0.2) is 58.3 Å². The monoisotopic (exact) mass is 256 g/mol. The van der Waals surface area contributed by atoms with Crippen molar-refractivity contribution in [1.82, 2.24) is 10.2 Å². The molecule has 0 aromatic heterocycles. The van der Waals surface area contributed by atoms with Crippen LogP contribution in [0.25, 0.3) is 0 Å². The molecule has 2 rings (SSSR count). The Hall–Kier alpha value is -1.14. The Morgan fingerprint density at radius 2 is 2.06 bits per heavy atom. The number of rotatable bonds is 3. The van der Waals surface area contributed by atoms with Gasteiger partial charge in [0.15, 0.2) is 0 Å². The van der Waals surface area contributed by atoms with Gasteiger partial charge in [0, 0.05) is 13.1 Å². The van der Waals surface area contributed by atoms with E-state index in [0.717, 1.165) is 19.3 Å². The van der Waals surface area contributed by atoms with Gasteiger partial charge in [-0.25, -0.2) is 0 Å². The van der Waals surface area contributed by atoms with Gasteiger partial charge in [0.25, 0.3) is 0 Å². The summed E-state index contributed by atoms with van der Waals surface area (Å²) >= 11 is 0. The number of aliphatic hydroxyl groups is 1. The molecular formula is C12H20N2O4. The molecule has 18 heavy (non-hydrogen) atoms. The first-order valence-electron chi connectivity index (χ1n) is 6.46.